The van der Waals surface area contributed by atoms with Crippen molar-refractivity contribution in [2.45, 2.75) is 58.0 Å². The number of carbonyl (C=O) groups is 2. The summed E-state index contributed by atoms with van der Waals surface area (Å²) in [7, 11) is 0. The molecule has 10 heteroatoms. The van der Waals surface area contributed by atoms with Gasteiger partial charge in [-0.15, -0.1) is 0 Å². The van der Waals surface area contributed by atoms with E-state index in [1.54, 1.807) is 6.92 Å². The molecule has 5 rings (SSSR count). The highest BCUT2D eigenvalue weighted by molar-refractivity contribution is 5.80. The fourth-order valence-electron chi connectivity index (χ4n) is 5.86. The summed E-state index contributed by atoms with van der Waals surface area (Å²) in [5.74, 6) is -0.410. The topological polar surface area (TPSA) is 130 Å². The first-order valence-corrected chi connectivity index (χ1v) is 15.6. The minimum absolute atomic E-state index is 0.00870. The van der Waals surface area contributed by atoms with E-state index in [2.05, 4.69) is 22.5 Å². The van der Waals surface area contributed by atoms with E-state index in [9.17, 15) is 19.8 Å². The average Bonchev–Trinajstić information content (AvgIpc) is 3.48. The van der Waals surface area contributed by atoms with E-state index in [0.29, 0.717) is 19.6 Å². The normalized spacial score (nSPS) is 23.4. The van der Waals surface area contributed by atoms with Crippen LogP contribution in [0.15, 0.2) is 72.8 Å². The first-order chi connectivity index (χ1) is 21.8. The van der Waals surface area contributed by atoms with Crippen molar-refractivity contribution in [1.82, 2.24) is 15.5 Å². The predicted octanol–water partition coefficient (Wildman–Crippen LogP) is 4.07. The van der Waals surface area contributed by atoms with Crippen molar-refractivity contribution in [1.29, 1.82) is 0 Å². The molecule has 0 radical (unpaired) electrons. The number of ether oxygens (including phenoxy) is 3. The van der Waals surface area contributed by atoms with Crippen LogP contribution in [-0.4, -0.2) is 72.1 Å². The van der Waals surface area contributed by atoms with Gasteiger partial charge in [0.2, 0.25) is 0 Å². The van der Waals surface area contributed by atoms with Crippen molar-refractivity contribution in [3.63, 3.8) is 0 Å². The molecule has 2 amide bonds. The molecule has 3 aromatic rings. The lowest BCUT2D eigenvalue weighted by Crippen LogP contribution is -2.44. The molecule has 0 saturated carbocycles. The molecule has 2 heterocycles. The van der Waals surface area contributed by atoms with Crippen molar-refractivity contribution < 1.29 is 34.0 Å². The summed E-state index contributed by atoms with van der Waals surface area (Å²) in [5, 5.41) is 24.9. The number of likely N-dealkylation sites (tertiary alicyclic amines) is 1. The van der Waals surface area contributed by atoms with Crippen LogP contribution >= 0.6 is 0 Å². The van der Waals surface area contributed by atoms with E-state index in [1.165, 1.54) is 0 Å². The van der Waals surface area contributed by atoms with Gasteiger partial charge in [0, 0.05) is 37.7 Å². The number of aliphatic hydroxyl groups is 2. The van der Waals surface area contributed by atoms with Crippen molar-refractivity contribution in [3.05, 3.63) is 95.1 Å². The first-order valence-electron chi connectivity index (χ1n) is 15.6. The number of aliphatic hydroxyl groups excluding tert-OH is 2. The lowest BCUT2D eigenvalue weighted by atomic mass is 9.90. The van der Waals surface area contributed by atoms with Gasteiger partial charge >= 0.3 is 12.0 Å². The van der Waals surface area contributed by atoms with E-state index in [0.717, 1.165) is 46.3 Å². The van der Waals surface area contributed by atoms with E-state index in [4.69, 9.17) is 14.2 Å². The Morgan fingerprint density at radius 2 is 1.71 bits per heavy atom. The summed E-state index contributed by atoms with van der Waals surface area (Å²) in [6.07, 6.45) is -0.400. The highest BCUT2D eigenvalue weighted by Gasteiger charge is 2.39. The number of nitrogens with zero attached hydrogens (tertiary/aromatic N) is 1. The zero-order valence-corrected chi connectivity index (χ0v) is 25.9. The average molecular weight is 618 g/mol. The van der Waals surface area contributed by atoms with Crippen molar-refractivity contribution in [2.75, 3.05) is 32.8 Å². The maximum atomic E-state index is 12.1. The van der Waals surface area contributed by atoms with Crippen LogP contribution in [0.1, 0.15) is 54.9 Å². The summed E-state index contributed by atoms with van der Waals surface area (Å²) < 4.78 is 18.0. The largest absolute Gasteiger partial charge is 0.465 e. The molecule has 10 nitrogen and oxygen atoms in total. The van der Waals surface area contributed by atoms with Crippen molar-refractivity contribution in [2.24, 2.45) is 5.92 Å². The zero-order valence-electron chi connectivity index (χ0n) is 25.9. The summed E-state index contributed by atoms with van der Waals surface area (Å²) >= 11 is 0. The Morgan fingerprint density at radius 3 is 2.40 bits per heavy atom. The molecular formula is C35H43N3O7. The van der Waals surface area contributed by atoms with Gasteiger partial charge in [0.15, 0.2) is 6.29 Å². The Morgan fingerprint density at radius 1 is 0.956 bits per heavy atom. The van der Waals surface area contributed by atoms with Gasteiger partial charge in [-0.2, -0.15) is 0 Å². The van der Waals surface area contributed by atoms with E-state index < -0.39 is 18.3 Å². The van der Waals surface area contributed by atoms with Gasteiger partial charge in [-0.3, -0.25) is 9.69 Å². The molecule has 3 aromatic carbocycles. The molecule has 45 heavy (non-hydrogen) atoms. The summed E-state index contributed by atoms with van der Waals surface area (Å²) in [6, 6.07) is 23.5. The summed E-state index contributed by atoms with van der Waals surface area (Å²) in [6.45, 7) is 6.44. The number of carbonyl (C=O) groups excluding carboxylic acids is 2. The van der Waals surface area contributed by atoms with E-state index in [-0.39, 0.29) is 44.0 Å². The molecule has 2 aliphatic heterocycles. The third-order valence-corrected chi connectivity index (χ3v) is 8.40. The van der Waals surface area contributed by atoms with Gasteiger partial charge < -0.3 is 35.1 Å². The Bertz CT molecular complexity index is 1420. The molecular weight excluding hydrogens is 574 g/mol. The molecule has 0 unspecified atom stereocenters. The molecule has 0 aliphatic carbocycles. The number of nitrogens with one attached hydrogen (secondary N) is 2. The third kappa shape index (κ3) is 8.68. The number of hydrogen-bond acceptors (Lipinski definition) is 8. The molecule has 5 atom stereocenters. The smallest absolute Gasteiger partial charge is 0.325 e. The number of urea groups is 1. The highest BCUT2D eigenvalue weighted by atomic mass is 16.7. The standard InChI is InChI=1S/C35H43N3O7/c1-3-43-32(41)19-37-35(42)36-18-25-5-4-6-29(17-25)26-11-13-28(14-12-26)34-44-31(21-38-16-15-30(40)20-38)23(2)33(45-34)27-9-7-24(22-39)8-10-27/h4-14,17,23,30-31,33-34,39-40H,3,15-16,18-22H2,1-2H3,(H2,36,37,42)/t23-,30+,31+,33+,34+/m1/s1. The second-order valence-electron chi connectivity index (χ2n) is 11.7. The van der Waals surface area contributed by atoms with E-state index in [1.807, 2.05) is 72.8 Å². The van der Waals surface area contributed by atoms with Gasteiger partial charge in [0.1, 0.15) is 6.54 Å². The fourth-order valence-corrected chi connectivity index (χ4v) is 5.86. The van der Waals surface area contributed by atoms with Gasteiger partial charge in [-0.1, -0.05) is 73.7 Å². The molecule has 4 N–H and O–H groups in total. The first kappa shape index (κ1) is 32.6. The van der Waals surface area contributed by atoms with Gasteiger partial charge in [0.05, 0.1) is 31.5 Å². The SMILES string of the molecule is CCOC(=O)CNC(=O)NCc1cccc(-c2ccc([C@H]3O[C@@H](CN4CC[C@H](O)C4)[C@@H](C)[C@@H](c4ccc(CO)cc4)O3)cc2)c1. The van der Waals surface area contributed by atoms with Crippen LogP contribution in [0.2, 0.25) is 0 Å². The Kier molecular flexibility index (Phi) is 11.2. The number of rotatable bonds is 11. The predicted molar refractivity (Wildman–Crippen MR) is 169 cm³/mol. The van der Waals surface area contributed by atoms with Crippen LogP contribution in [0.4, 0.5) is 4.79 Å². The van der Waals surface area contributed by atoms with Gasteiger partial charge in [-0.05, 0) is 47.2 Å². The highest BCUT2D eigenvalue weighted by Crippen LogP contribution is 2.42. The maximum Gasteiger partial charge on any atom is 0.325 e. The molecule has 2 fully saturated rings. The molecule has 240 valence electrons. The minimum atomic E-state index is -0.570. The van der Waals surface area contributed by atoms with Gasteiger partial charge in [0.25, 0.3) is 0 Å². The minimum Gasteiger partial charge on any atom is -0.465 e. The number of hydrogen-bond donors (Lipinski definition) is 4. The maximum absolute atomic E-state index is 12.1. The van der Waals surface area contributed by atoms with Gasteiger partial charge in [-0.25, -0.2) is 4.79 Å². The van der Waals surface area contributed by atoms with Crippen LogP contribution in [0, 0.1) is 5.92 Å². The van der Waals surface area contributed by atoms with Crippen LogP contribution < -0.4 is 10.6 Å². The second-order valence-corrected chi connectivity index (χ2v) is 11.7. The van der Waals surface area contributed by atoms with Crippen LogP contribution in [0.3, 0.4) is 0 Å². The third-order valence-electron chi connectivity index (χ3n) is 8.40. The molecule has 2 saturated heterocycles. The van der Waals surface area contributed by atoms with Crippen molar-refractivity contribution in [3.8, 4) is 11.1 Å². The Labute approximate surface area is 264 Å². The fraction of sp³-hybridized carbons (Fsp3) is 0.429. The summed E-state index contributed by atoms with van der Waals surface area (Å²) in [5.41, 5.74) is 5.72. The molecule has 0 bridgehead atoms. The second kappa shape index (κ2) is 15.5. The summed E-state index contributed by atoms with van der Waals surface area (Å²) in [4.78, 5) is 25.8. The molecule has 0 aromatic heterocycles. The Hall–Kier alpha value is -3.80. The monoisotopic (exact) mass is 617 g/mol. The quantitative estimate of drug-likeness (QED) is 0.237. The van der Waals surface area contributed by atoms with Crippen LogP contribution in [0.25, 0.3) is 11.1 Å². The van der Waals surface area contributed by atoms with Crippen LogP contribution in [-0.2, 0) is 32.2 Å². The zero-order chi connectivity index (χ0) is 31.8. The number of amides is 2. The van der Waals surface area contributed by atoms with E-state index >= 15 is 0 Å². The molecule has 0 spiro atoms. The number of benzene rings is 3. The molecule has 2 aliphatic rings. The Balaban J connectivity index is 1.27. The number of β-amino-alcohol motifs (C(OH)–C–C–N with tert-alkyl or cyclic N) is 1. The van der Waals surface area contributed by atoms with Crippen LogP contribution in [0.5, 0.6) is 0 Å². The van der Waals surface area contributed by atoms with Crippen molar-refractivity contribution >= 4 is 12.0 Å². The number of esters is 1. The lowest BCUT2D eigenvalue weighted by molar-refractivity contribution is -0.276. The lowest BCUT2D eigenvalue weighted by Gasteiger charge is -2.42.